The van der Waals surface area contributed by atoms with E-state index in [1.165, 1.54) is 51.4 Å². The van der Waals surface area contributed by atoms with E-state index in [-0.39, 0.29) is 0 Å². The van der Waals surface area contributed by atoms with E-state index in [4.69, 9.17) is 9.47 Å². The number of carbonyl (C=O) groups excluding carboxylic acids is 2. The van der Waals surface area contributed by atoms with Crippen molar-refractivity contribution in [3.8, 4) is 0 Å². The number of ether oxygens (including phenoxy) is 2. The summed E-state index contributed by atoms with van der Waals surface area (Å²) in [4.78, 5) is 31.5. The second kappa shape index (κ2) is 19.8. The molecule has 0 amide bonds. The number of carbonyl (C=O) groups is 2. The lowest BCUT2D eigenvalue weighted by Gasteiger charge is -2.10. The summed E-state index contributed by atoms with van der Waals surface area (Å²) in [6.45, 7) is 7.09. The molecule has 1 N–H and O–H groups in total. The third kappa shape index (κ3) is 13.8. The van der Waals surface area contributed by atoms with E-state index >= 15 is 0 Å². The number of aromatic nitrogens is 2. The summed E-state index contributed by atoms with van der Waals surface area (Å²) >= 11 is 0. The molecule has 0 fully saturated rings. The van der Waals surface area contributed by atoms with Gasteiger partial charge in [0.25, 0.3) is 0 Å². The Morgan fingerprint density at radius 2 is 1.18 bits per heavy atom. The van der Waals surface area contributed by atoms with Crippen LogP contribution in [0.25, 0.3) is 0 Å². The fourth-order valence-electron chi connectivity index (χ4n) is 3.43. The molecule has 0 atom stereocenters. The van der Waals surface area contributed by atoms with Gasteiger partial charge >= 0.3 is 11.9 Å². The first-order chi connectivity index (χ1) is 16.6. The first-order valence-corrected chi connectivity index (χ1v) is 13.0. The zero-order valence-corrected chi connectivity index (χ0v) is 21.4. The van der Waals surface area contributed by atoms with Gasteiger partial charge < -0.3 is 14.5 Å². The molecule has 6 nitrogen and oxygen atoms in total. The summed E-state index contributed by atoms with van der Waals surface area (Å²) < 4.78 is 10.7. The number of hydrogen-bond acceptors (Lipinski definition) is 5. The standard InChI is InChI=1S/C24H38O4.C4H6N2/c1-3-5-7-9-11-15-19-27-23(25)21-17-13-14-18-22(21)24(26)28-20-16-12-10-8-6-4-2;1-4-5-2-3-6-4/h13-14,17-18H,3-12,15-16,19-20H2,1-2H3;2-3H,1H3,(H,5,6). The number of esters is 2. The van der Waals surface area contributed by atoms with Crippen LogP contribution < -0.4 is 0 Å². The van der Waals surface area contributed by atoms with Crippen LogP contribution in [0.5, 0.6) is 0 Å². The Bertz CT molecular complexity index is 725. The highest BCUT2D eigenvalue weighted by Crippen LogP contribution is 2.14. The normalized spacial score (nSPS) is 10.3. The third-order valence-electron chi connectivity index (χ3n) is 5.46. The highest BCUT2D eigenvalue weighted by molar-refractivity contribution is 6.03. The Morgan fingerprint density at radius 1 is 0.735 bits per heavy atom. The smallest absolute Gasteiger partial charge is 0.339 e. The van der Waals surface area contributed by atoms with Crippen molar-refractivity contribution in [3.63, 3.8) is 0 Å². The van der Waals surface area contributed by atoms with Crippen molar-refractivity contribution in [3.05, 3.63) is 53.6 Å². The molecule has 0 aliphatic heterocycles. The van der Waals surface area contributed by atoms with Crippen molar-refractivity contribution in [1.29, 1.82) is 0 Å². The molecule has 2 rings (SSSR count). The van der Waals surface area contributed by atoms with Crippen molar-refractivity contribution >= 4 is 11.9 Å². The highest BCUT2D eigenvalue weighted by Gasteiger charge is 2.18. The molecule has 1 aromatic carbocycles. The maximum absolute atomic E-state index is 12.4. The zero-order chi connectivity index (χ0) is 24.9. The van der Waals surface area contributed by atoms with Crippen LogP contribution in [0.4, 0.5) is 0 Å². The van der Waals surface area contributed by atoms with Crippen molar-refractivity contribution < 1.29 is 19.1 Å². The van der Waals surface area contributed by atoms with Gasteiger partial charge in [-0.05, 0) is 31.9 Å². The Hall–Kier alpha value is -2.63. The van der Waals surface area contributed by atoms with Gasteiger partial charge in [-0.1, -0.05) is 90.2 Å². The SMILES string of the molecule is CCCCCCCCOC(=O)c1ccccc1C(=O)OCCCCCCCC.Cc1ncc[nH]1. The van der Waals surface area contributed by atoms with Gasteiger partial charge in [0.2, 0.25) is 0 Å². The largest absolute Gasteiger partial charge is 0.462 e. The predicted octanol–water partition coefficient (Wildman–Crippen LogP) is 7.44. The lowest BCUT2D eigenvalue weighted by molar-refractivity contribution is 0.0450. The maximum atomic E-state index is 12.4. The van der Waals surface area contributed by atoms with Crippen molar-refractivity contribution in [2.24, 2.45) is 0 Å². The molecule has 0 radical (unpaired) electrons. The number of imidazole rings is 1. The number of nitrogens with zero attached hydrogens (tertiary/aromatic N) is 1. The monoisotopic (exact) mass is 472 g/mol. The molecule has 0 spiro atoms. The maximum Gasteiger partial charge on any atom is 0.339 e. The summed E-state index contributed by atoms with van der Waals surface area (Å²) in [6.07, 6.45) is 17.2. The van der Waals surface area contributed by atoms with E-state index in [1.807, 2.05) is 6.92 Å². The van der Waals surface area contributed by atoms with Crippen LogP contribution in [0.3, 0.4) is 0 Å². The molecule has 0 saturated carbocycles. The van der Waals surface area contributed by atoms with E-state index in [0.29, 0.717) is 24.3 Å². The lowest BCUT2D eigenvalue weighted by atomic mass is 10.1. The number of aromatic amines is 1. The second-order valence-electron chi connectivity index (χ2n) is 8.53. The molecule has 0 aliphatic carbocycles. The number of aryl methyl sites for hydroxylation is 1. The van der Waals surface area contributed by atoms with E-state index in [2.05, 4.69) is 23.8 Å². The minimum atomic E-state index is -0.444. The van der Waals surface area contributed by atoms with Crippen LogP contribution in [0.2, 0.25) is 0 Å². The Labute approximate surface area is 205 Å². The summed E-state index contributed by atoms with van der Waals surface area (Å²) in [5.74, 6) is 0.0800. The molecule has 6 heteroatoms. The Morgan fingerprint density at radius 3 is 1.53 bits per heavy atom. The molecule has 1 aromatic heterocycles. The molecule has 0 saturated heterocycles. The van der Waals surface area contributed by atoms with Crippen LogP contribution in [0.15, 0.2) is 36.7 Å². The van der Waals surface area contributed by atoms with E-state index in [0.717, 1.165) is 31.5 Å². The zero-order valence-electron chi connectivity index (χ0n) is 21.4. The van der Waals surface area contributed by atoms with Gasteiger partial charge in [0.05, 0.1) is 24.3 Å². The van der Waals surface area contributed by atoms with Crippen LogP contribution in [-0.2, 0) is 9.47 Å². The number of unbranched alkanes of at least 4 members (excludes halogenated alkanes) is 10. The summed E-state index contributed by atoms with van der Waals surface area (Å²) in [6, 6.07) is 6.74. The number of nitrogens with one attached hydrogen (secondary N) is 1. The van der Waals surface area contributed by atoms with Gasteiger partial charge in [-0.15, -0.1) is 0 Å². The number of rotatable bonds is 16. The number of hydrogen-bond donors (Lipinski definition) is 1. The molecule has 1 heterocycles. The second-order valence-corrected chi connectivity index (χ2v) is 8.53. The first kappa shape index (κ1) is 29.4. The topological polar surface area (TPSA) is 81.3 Å². The average molecular weight is 473 g/mol. The number of H-pyrrole nitrogens is 1. The van der Waals surface area contributed by atoms with Crippen molar-refractivity contribution in [1.82, 2.24) is 9.97 Å². The van der Waals surface area contributed by atoms with Gasteiger partial charge in [0, 0.05) is 12.4 Å². The highest BCUT2D eigenvalue weighted by atomic mass is 16.5. The van der Waals surface area contributed by atoms with Crippen LogP contribution in [0.1, 0.15) is 117 Å². The summed E-state index contributed by atoms with van der Waals surface area (Å²) in [5, 5.41) is 0. The van der Waals surface area contributed by atoms with Crippen LogP contribution in [0, 0.1) is 6.92 Å². The Balaban J connectivity index is 0.000000830. The average Bonchev–Trinajstić information content (AvgIpc) is 3.34. The molecule has 34 heavy (non-hydrogen) atoms. The van der Waals surface area contributed by atoms with Gasteiger partial charge in [-0.25, -0.2) is 14.6 Å². The Kier molecular flexibility index (Phi) is 17.1. The van der Waals surface area contributed by atoms with Crippen LogP contribution >= 0.6 is 0 Å². The molecule has 0 bridgehead atoms. The quantitative estimate of drug-likeness (QED) is 0.203. The van der Waals surface area contributed by atoms with Crippen molar-refractivity contribution in [2.75, 3.05) is 13.2 Å². The van der Waals surface area contributed by atoms with E-state index in [9.17, 15) is 9.59 Å². The lowest BCUT2D eigenvalue weighted by Crippen LogP contribution is -2.15. The van der Waals surface area contributed by atoms with Crippen LogP contribution in [-0.4, -0.2) is 35.1 Å². The molecular weight excluding hydrogens is 428 g/mol. The molecule has 190 valence electrons. The van der Waals surface area contributed by atoms with Gasteiger partial charge in [-0.2, -0.15) is 0 Å². The predicted molar refractivity (Wildman–Crippen MR) is 137 cm³/mol. The summed E-state index contributed by atoms with van der Waals surface area (Å²) in [7, 11) is 0. The first-order valence-electron chi connectivity index (χ1n) is 13.0. The number of benzene rings is 1. The fraction of sp³-hybridized carbons (Fsp3) is 0.607. The van der Waals surface area contributed by atoms with Crippen molar-refractivity contribution in [2.45, 2.75) is 97.8 Å². The summed E-state index contributed by atoms with van der Waals surface area (Å²) in [5.41, 5.74) is 0.586. The molecule has 0 aliphatic rings. The third-order valence-corrected chi connectivity index (χ3v) is 5.46. The minimum absolute atomic E-state index is 0.293. The van der Waals surface area contributed by atoms with E-state index < -0.39 is 11.9 Å². The van der Waals surface area contributed by atoms with E-state index in [1.54, 1.807) is 36.7 Å². The minimum Gasteiger partial charge on any atom is -0.462 e. The van der Waals surface area contributed by atoms with Gasteiger partial charge in [0.1, 0.15) is 5.82 Å². The molecule has 0 unspecified atom stereocenters. The molecular formula is C28H44N2O4. The van der Waals surface area contributed by atoms with Gasteiger partial charge in [0.15, 0.2) is 0 Å². The fourth-order valence-corrected chi connectivity index (χ4v) is 3.43. The van der Waals surface area contributed by atoms with Gasteiger partial charge in [-0.3, -0.25) is 0 Å². The molecule has 2 aromatic rings.